The van der Waals surface area contributed by atoms with Crippen LogP contribution in [0, 0.1) is 0 Å². The fraction of sp³-hybridized carbons (Fsp3) is 0.300. The van der Waals surface area contributed by atoms with Crippen LogP contribution in [0.15, 0.2) is 53.5 Å². The molecule has 0 radical (unpaired) electrons. The molecule has 0 spiro atoms. The molecule has 1 aliphatic rings. The van der Waals surface area contributed by atoms with E-state index in [1.54, 1.807) is 12.1 Å². The first-order valence-electron chi connectivity index (χ1n) is 9.41. The van der Waals surface area contributed by atoms with E-state index in [-0.39, 0.29) is 18.3 Å². The lowest BCUT2D eigenvalue weighted by Crippen LogP contribution is -2.41. The first-order valence-corrected chi connectivity index (χ1v) is 9.41. The summed E-state index contributed by atoms with van der Waals surface area (Å²) in [6.45, 7) is 1.25. The molecular formula is C20H21N5O4. The Morgan fingerprint density at radius 1 is 1.24 bits per heavy atom. The van der Waals surface area contributed by atoms with E-state index < -0.39 is 11.8 Å². The van der Waals surface area contributed by atoms with Gasteiger partial charge in [0.25, 0.3) is 0 Å². The number of carbonyl (C=O) groups is 1. The van der Waals surface area contributed by atoms with Gasteiger partial charge in [-0.1, -0.05) is 30.3 Å². The zero-order valence-electron chi connectivity index (χ0n) is 15.7. The number of carbonyl (C=O) groups excluding carboxylic acids is 1. The highest BCUT2D eigenvalue weighted by Gasteiger charge is 2.28. The van der Waals surface area contributed by atoms with Crippen LogP contribution >= 0.6 is 0 Å². The first kappa shape index (κ1) is 18.7. The van der Waals surface area contributed by atoms with Gasteiger partial charge in [0, 0.05) is 25.3 Å². The van der Waals surface area contributed by atoms with Gasteiger partial charge in [-0.2, -0.15) is 4.98 Å². The second kappa shape index (κ2) is 8.17. The van der Waals surface area contributed by atoms with Gasteiger partial charge in [-0.3, -0.25) is 0 Å². The molecule has 2 aromatic heterocycles. The predicted octanol–water partition coefficient (Wildman–Crippen LogP) is 1.92. The molecule has 4 rings (SSSR count). The zero-order valence-corrected chi connectivity index (χ0v) is 15.7. The van der Waals surface area contributed by atoms with Gasteiger partial charge in [0.1, 0.15) is 12.4 Å². The van der Waals surface area contributed by atoms with E-state index in [0.717, 1.165) is 18.4 Å². The number of aromatic nitrogens is 3. The molecule has 1 aliphatic heterocycles. The maximum Gasteiger partial charge on any atom is 0.407 e. The van der Waals surface area contributed by atoms with E-state index in [1.165, 1.54) is 6.20 Å². The molecule has 1 fully saturated rings. The molecule has 1 saturated heterocycles. The fourth-order valence-electron chi connectivity index (χ4n) is 3.55. The fourth-order valence-corrected chi connectivity index (χ4v) is 3.55. The average molecular weight is 395 g/mol. The number of amides is 1. The SMILES string of the molecule is O=C(NC[C@H]1CCCN1c1nc(=O)n(O)c2ncccc12)OCc1ccccc1. The number of nitrogens with zero attached hydrogens (tertiary/aromatic N) is 4. The van der Waals surface area contributed by atoms with Crippen molar-refractivity contribution >= 4 is 22.9 Å². The molecule has 1 aromatic carbocycles. The minimum Gasteiger partial charge on any atom is -0.445 e. The van der Waals surface area contributed by atoms with Gasteiger partial charge in [-0.25, -0.2) is 14.6 Å². The Hall–Kier alpha value is -3.62. The Morgan fingerprint density at radius 2 is 2.07 bits per heavy atom. The van der Waals surface area contributed by atoms with E-state index in [2.05, 4.69) is 15.3 Å². The number of rotatable bonds is 5. The second-order valence-electron chi connectivity index (χ2n) is 6.84. The van der Waals surface area contributed by atoms with Gasteiger partial charge in [0.2, 0.25) is 0 Å². The summed E-state index contributed by atoms with van der Waals surface area (Å²) in [5, 5.41) is 13.3. The van der Waals surface area contributed by atoms with Crippen molar-refractivity contribution in [3.8, 4) is 0 Å². The van der Waals surface area contributed by atoms with Crippen LogP contribution in [0.25, 0.3) is 11.0 Å². The normalized spacial score (nSPS) is 16.1. The minimum absolute atomic E-state index is 0.0378. The standard InChI is InChI=1S/C20H21N5O4/c26-19-23-18(16-9-4-10-21-17(16)25(19)28)24-11-5-8-15(24)12-22-20(27)29-13-14-6-2-1-3-7-14/h1-4,6-7,9-10,15,28H,5,8,11-13H2,(H,22,27)/t15-/m1/s1. The number of anilines is 1. The van der Waals surface area contributed by atoms with Gasteiger partial charge in [0.05, 0.1) is 5.39 Å². The van der Waals surface area contributed by atoms with E-state index in [9.17, 15) is 14.8 Å². The maximum absolute atomic E-state index is 12.1. The summed E-state index contributed by atoms with van der Waals surface area (Å²) in [7, 11) is 0. The Kier molecular flexibility index (Phi) is 5.28. The highest BCUT2D eigenvalue weighted by atomic mass is 16.5. The minimum atomic E-state index is -0.785. The molecule has 1 atom stereocenters. The van der Waals surface area contributed by atoms with Crippen molar-refractivity contribution in [2.75, 3.05) is 18.0 Å². The van der Waals surface area contributed by atoms with Crippen molar-refractivity contribution in [1.82, 2.24) is 20.0 Å². The monoisotopic (exact) mass is 395 g/mol. The van der Waals surface area contributed by atoms with Crippen molar-refractivity contribution in [3.05, 3.63) is 64.7 Å². The Balaban J connectivity index is 1.45. The molecule has 3 aromatic rings. The summed E-state index contributed by atoms with van der Waals surface area (Å²) >= 11 is 0. The van der Waals surface area contributed by atoms with Gasteiger partial charge in [-0.15, -0.1) is 4.73 Å². The van der Waals surface area contributed by atoms with Crippen molar-refractivity contribution in [3.63, 3.8) is 0 Å². The number of hydrogen-bond donors (Lipinski definition) is 2. The Morgan fingerprint density at radius 3 is 2.90 bits per heavy atom. The summed E-state index contributed by atoms with van der Waals surface area (Å²) in [6.07, 6.45) is 2.75. The Bertz CT molecular complexity index is 1070. The summed E-state index contributed by atoms with van der Waals surface area (Å²) in [5.74, 6) is 0.463. The van der Waals surface area contributed by atoms with E-state index >= 15 is 0 Å². The largest absolute Gasteiger partial charge is 0.445 e. The molecule has 9 heteroatoms. The summed E-state index contributed by atoms with van der Waals surface area (Å²) in [6, 6.07) is 12.9. The predicted molar refractivity (Wildman–Crippen MR) is 106 cm³/mol. The molecule has 0 unspecified atom stereocenters. The van der Waals surface area contributed by atoms with Crippen LogP contribution in [0.1, 0.15) is 18.4 Å². The molecule has 3 heterocycles. The highest BCUT2D eigenvalue weighted by molar-refractivity contribution is 5.87. The molecule has 0 aliphatic carbocycles. The van der Waals surface area contributed by atoms with Crippen LogP contribution in [0.2, 0.25) is 0 Å². The molecule has 0 saturated carbocycles. The zero-order chi connectivity index (χ0) is 20.2. The van der Waals surface area contributed by atoms with Crippen LogP contribution < -0.4 is 15.9 Å². The second-order valence-corrected chi connectivity index (χ2v) is 6.84. The summed E-state index contributed by atoms with van der Waals surface area (Å²) in [4.78, 5) is 34.2. The number of benzene rings is 1. The van der Waals surface area contributed by atoms with Crippen molar-refractivity contribution in [1.29, 1.82) is 0 Å². The lowest BCUT2D eigenvalue weighted by Gasteiger charge is -2.26. The third-order valence-electron chi connectivity index (χ3n) is 4.95. The molecule has 1 amide bonds. The smallest absolute Gasteiger partial charge is 0.407 e. The number of hydrogen-bond acceptors (Lipinski definition) is 7. The number of ether oxygens (including phenoxy) is 1. The number of fused-ring (bicyclic) bond motifs is 1. The number of alkyl carbamates (subject to hydrolysis) is 1. The first-order chi connectivity index (χ1) is 14.1. The lowest BCUT2D eigenvalue weighted by molar-refractivity contribution is 0.139. The lowest BCUT2D eigenvalue weighted by atomic mass is 10.2. The van der Waals surface area contributed by atoms with Crippen LogP contribution in [0.5, 0.6) is 0 Å². The molecule has 9 nitrogen and oxygen atoms in total. The van der Waals surface area contributed by atoms with Gasteiger partial charge < -0.3 is 20.2 Å². The highest BCUT2D eigenvalue weighted by Crippen LogP contribution is 2.28. The van der Waals surface area contributed by atoms with Gasteiger partial charge >= 0.3 is 11.8 Å². The molecular weight excluding hydrogens is 374 g/mol. The third-order valence-corrected chi connectivity index (χ3v) is 4.95. The van der Waals surface area contributed by atoms with Crippen molar-refractivity contribution < 1.29 is 14.7 Å². The van der Waals surface area contributed by atoms with E-state index in [1.807, 2.05) is 35.2 Å². The number of nitrogens with one attached hydrogen (secondary N) is 1. The molecule has 150 valence electrons. The molecule has 0 bridgehead atoms. The van der Waals surface area contributed by atoms with Crippen LogP contribution in [0.4, 0.5) is 10.6 Å². The third kappa shape index (κ3) is 3.98. The van der Waals surface area contributed by atoms with Crippen molar-refractivity contribution in [2.45, 2.75) is 25.5 Å². The van der Waals surface area contributed by atoms with Crippen LogP contribution in [-0.2, 0) is 11.3 Å². The van der Waals surface area contributed by atoms with E-state index in [4.69, 9.17) is 4.74 Å². The summed E-state index contributed by atoms with van der Waals surface area (Å²) in [5.41, 5.74) is 0.286. The summed E-state index contributed by atoms with van der Waals surface area (Å²) < 4.78 is 5.70. The number of pyridine rings is 1. The van der Waals surface area contributed by atoms with Gasteiger partial charge in [0.15, 0.2) is 5.65 Å². The maximum atomic E-state index is 12.1. The Labute approximate surface area is 166 Å². The molecule has 29 heavy (non-hydrogen) atoms. The van der Waals surface area contributed by atoms with E-state index in [0.29, 0.717) is 29.0 Å². The quantitative estimate of drug-likeness (QED) is 0.635. The topological polar surface area (TPSA) is 110 Å². The van der Waals surface area contributed by atoms with Crippen LogP contribution in [-0.4, -0.2) is 45.1 Å². The van der Waals surface area contributed by atoms with Gasteiger partial charge in [-0.05, 0) is 30.5 Å². The van der Waals surface area contributed by atoms with Crippen molar-refractivity contribution in [2.24, 2.45) is 0 Å². The average Bonchev–Trinajstić information content (AvgIpc) is 3.22. The molecule has 2 N–H and O–H groups in total. The van der Waals surface area contributed by atoms with Crippen LogP contribution in [0.3, 0.4) is 0 Å².